The Kier molecular flexibility index (Phi) is 6.50. The molecule has 0 amide bonds. The van der Waals surface area contributed by atoms with E-state index in [1.807, 2.05) is 45.3 Å². The standard InChI is InChI=1S/C15H24N2O2/c1-15(2,3)19-14(18)8-12-16-9-4-5-13-6-10-17-11-7-13/h6-7,10-11,16H,4-5,8-9,12H2,1-3H3. The summed E-state index contributed by atoms with van der Waals surface area (Å²) in [5, 5.41) is 3.26. The molecule has 1 aromatic heterocycles. The first-order valence-electron chi connectivity index (χ1n) is 6.79. The fraction of sp³-hybridized carbons (Fsp3) is 0.600. The Morgan fingerprint density at radius 2 is 1.95 bits per heavy atom. The van der Waals surface area contributed by atoms with E-state index >= 15 is 0 Å². The Morgan fingerprint density at radius 3 is 2.58 bits per heavy atom. The van der Waals surface area contributed by atoms with E-state index in [9.17, 15) is 4.79 Å². The van der Waals surface area contributed by atoms with Crippen LogP contribution in [0.15, 0.2) is 24.5 Å². The second kappa shape index (κ2) is 7.89. The molecule has 0 atom stereocenters. The molecule has 0 aliphatic heterocycles. The van der Waals surface area contributed by atoms with Crippen LogP contribution in [0.1, 0.15) is 39.2 Å². The van der Waals surface area contributed by atoms with Crippen molar-refractivity contribution in [1.82, 2.24) is 10.3 Å². The molecular formula is C15H24N2O2. The van der Waals surface area contributed by atoms with Gasteiger partial charge < -0.3 is 10.1 Å². The monoisotopic (exact) mass is 264 g/mol. The SMILES string of the molecule is CC(C)(C)OC(=O)CCNCCCc1ccncc1. The van der Waals surface area contributed by atoms with Crippen molar-refractivity contribution in [2.24, 2.45) is 0 Å². The Hall–Kier alpha value is -1.42. The molecule has 4 heteroatoms. The molecule has 0 saturated carbocycles. The highest BCUT2D eigenvalue weighted by molar-refractivity contribution is 5.70. The molecule has 0 unspecified atom stereocenters. The topological polar surface area (TPSA) is 51.2 Å². The number of hydrogen-bond donors (Lipinski definition) is 1. The largest absolute Gasteiger partial charge is 0.460 e. The van der Waals surface area contributed by atoms with Gasteiger partial charge in [0.05, 0.1) is 6.42 Å². The quantitative estimate of drug-likeness (QED) is 0.606. The average molecular weight is 264 g/mol. The van der Waals surface area contributed by atoms with Crippen LogP contribution < -0.4 is 5.32 Å². The summed E-state index contributed by atoms with van der Waals surface area (Å²) in [6.07, 6.45) is 6.13. The fourth-order valence-corrected chi connectivity index (χ4v) is 1.67. The third-order valence-corrected chi connectivity index (χ3v) is 2.49. The first-order valence-corrected chi connectivity index (χ1v) is 6.79. The van der Waals surface area contributed by atoms with Gasteiger partial charge in [0.2, 0.25) is 0 Å². The van der Waals surface area contributed by atoms with Crippen molar-refractivity contribution in [1.29, 1.82) is 0 Å². The molecule has 1 rings (SSSR count). The molecule has 4 nitrogen and oxygen atoms in total. The van der Waals surface area contributed by atoms with E-state index in [0.717, 1.165) is 19.4 Å². The van der Waals surface area contributed by atoms with E-state index in [-0.39, 0.29) is 5.97 Å². The van der Waals surface area contributed by atoms with Gasteiger partial charge in [0, 0.05) is 18.9 Å². The molecule has 0 bridgehead atoms. The number of aromatic nitrogens is 1. The van der Waals surface area contributed by atoms with Crippen molar-refractivity contribution in [3.63, 3.8) is 0 Å². The summed E-state index contributed by atoms with van der Waals surface area (Å²) in [6.45, 7) is 7.23. The average Bonchev–Trinajstić information content (AvgIpc) is 2.32. The van der Waals surface area contributed by atoms with E-state index in [4.69, 9.17) is 4.74 Å². The summed E-state index contributed by atoms with van der Waals surface area (Å²) in [5.74, 6) is -0.144. The second-order valence-electron chi connectivity index (χ2n) is 5.55. The Bertz CT molecular complexity index is 371. The van der Waals surface area contributed by atoms with Crippen LogP contribution in [0.3, 0.4) is 0 Å². The third-order valence-electron chi connectivity index (χ3n) is 2.49. The predicted octanol–water partition coefficient (Wildman–Crippen LogP) is 2.34. The lowest BCUT2D eigenvalue weighted by molar-refractivity contribution is -0.154. The smallest absolute Gasteiger partial charge is 0.307 e. The van der Waals surface area contributed by atoms with Crippen molar-refractivity contribution >= 4 is 5.97 Å². The maximum absolute atomic E-state index is 11.4. The molecule has 0 aliphatic carbocycles. The van der Waals surface area contributed by atoms with Crippen molar-refractivity contribution in [3.05, 3.63) is 30.1 Å². The summed E-state index contributed by atoms with van der Waals surface area (Å²) < 4.78 is 5.23. The number of hydrogen-bond acceptors (Lipinski definition) is 4. The van der Waals surface area contributed by atoms with Gasteiger partial charge in [0.15, 0.2) is 0 Å². The van der Waals surface area contributed by atoms with E-state index < -0.39 is 5.60 Å². The Morgan fingerprint density at radius 1 is 1.26 bits per heavy atom. The summed E-state index contributed by atoms with van der Waals surface area (Å²) in [7, 11) is 0. The van der Waals surface area contributed by atoms with E-state index in [1.165, 1.54) is 5.56 Å². The number of nitrogens with zero attached hydrogens (tertiary/aromatic N) is 1. The van der Waals surface area contributed by atoms with Crippen LogP contribution in [0.2, 0.25) is 0 Å². The van der Waals surface area contributed by atoms with Crippen molar-refractivity contribution in [2.75, 3.05) is 13.1 Å². The second-order valence-corrected chi connectivity index (χ2v) is 5.55. The molecule has 1 N–H and O–H groups in total. The van der Waals surface area contributed by atoms with Gasteiger partial charge in [0.1, 0.15) is 5.60 Å². The van der Waals surface area contributed by atoms with Gasteiger partial charge in [-0.15, -0.1) is 0 Å². The zero-order chi connectivity index (χ0) is 14.1. The normalized spacial score (nSPS) is 11.3. The Balaban J connectivity index is 2.01. The molecule has 0 spiro atoms. The molecule has 0 aromatic carbocycles. The van der Waals surface area contributed by atoms with Gasteiger partial charge in [-0.2, -0.15) is 0 Å². The minimum absolute atomic E-state index is 0.144. The lowest BCUT2D eigenvalue weighted by atomic mass is 10.1. The van der Waals surface area contributed by atoms with E-state index in [0.29, 0.717) is 13.0 Å². The van der Waals surface area contributed by atoms with Crippen LogP contribution in [-0.4, -0.2) is 29.6 Å². The molecule has 1 heterocycles. The number of rotatable bonds is 7. The lowest BCUT2D eigenvalue weighted by Crippen LogP contribution is -2.27. The molecule has 0 fully saturated rings. The maximum Gasteiger partial charge on any atom is 0.307 e. The van der Waals surface area contributed by atoms with Crippen LogP contribution >= 0.6 is 0 Å². The van der Waals surface area contributed by atoms with Crippen LogP contribution in [0.4, 0.5) is 0 Å². The first kappa shape index (κ1) is 15.6. The van der Waals surface area contributed by atoms with Gasteiger partial charge >= 0.3 is 5.97 Å². The summed E-state index contributed by atoms with van der Waals surface area (Å²) in [4.78, 5) is 15.4. The van der Waals surface area contributed by atoms with Gasteiger partial charge in [-0.1, -0.05) is 0 Å². The summed E-state index contributed by atoms with van der Waals surface area (Å²) >= 11 is 0. The van der Waals surface area contributed by atoms with Crippen molar-refractivity contribution in [3.8, 4) is 0 Å². The number of ether oxygens (including phenoxy) is 1. The number of esters is 1. The van der Waals surface area contributed by atoms with Crippen LogP contribution in [0.5, 0.6) is 0 Å². The van der Waals surface area contributed by atoms with Crippen LogP contribution in [0.25, 0.3) is 0 Å². The third kappa shape index (κ3) is 8.32. The van der Waals surface area contributed by atoms with Gasteiger partial charge in [0.25, 0.3) is 0 Å². The number of carbonyl (C=O) groups is 1. The van der Waals surface area contributed by atoms with Gasteiger partial charge in [-0.3, -0.25) is 9.78 Å². The zero-order valence-corrected chi connectivity index (χ0v) is 12.1. The molecule has 106 valence electrons. The highest BCUT2D eigenvalue weighted by atomic mass is 16.6. The number of nitrogens with one attached hydrogen (secondary N) is 1. The zero-order valence-electron chi connectivity index (χ0n) is 12.1. The van der Waals surface area contributed by atoms with Crippen LogP contribution in [-0.2, 0) is 16.0 Å². The number of carbonyl (C=O) groups excluding carboxylic acids is 1. The number of aryl methyl sites for hydroxylation is 1. The fourth-order valence-electron chi connectivity index (χ4n) is 1.67. The van der Waals surface area contributed by atoms with Crippen LogP contribution in [0, 0.1) is 0 Å². The maximum atomic E-state index is 11.4. The first-order chi connectivity index (χ1) is 8.97. The van der Waals surface area contributed by atoms with E-state index in [2.05, 4.69) is 10.3 Å². The van der Waals surface area contributed by atoms with Gasteiger partial charge in [-0.25, -0.2) is 0 Å². The molecule has 0 saturated heterocycles. The predicted molar refractivity (Wildman–Crippen MR) is 75.9 cm³/mol. The van der Waals surface area contributed by atoms with Gasteiger partial charge in [-0.05, 0) is 57.9 Å². The number of pyridine rings is 1. The molecule has 1 aromatic rings. The lowest BCUT2D eigenvalue weighted by Gasteiger charge is -2.19. The van der Waals surface area contributed by atoms with Crippen molar-refractivity contribution in [2.45, 2.75) is 45.6 Å². The minimum Gasteiger partial charge on any atom is -0.460 e. The molecule has 0 radical (unpaired) electrons. The highest BCUT2D eigenvalue weighted by Crippen LogP contribution is 2.07. The highest BCUT2D eigenvalue weighted by Gasteiger charge is 2.15. The molecule has 0 aliphatic rings. The Labute approximate surface area is 115 Å². The molecule has 19 heavy (non-hydrogen) atoms. The molecular weight excluding hydrogens is 240 g/mol. The summed E-state index contributed by atoms with van der Waals surface area (Å²) in [6, 6.07) is 4.06. The van der Waals surface area contributed by atoms with E-state index in [1.54, 1.807) is 0 Å². The minimum atomic E-state index is -0.390. The van der Waals surface area contributed by atoms with Crippen molar-refractivity contribution < 1.29 is 9.53 Å². The summed E-state index contributed by atoms with van der Waals surface area (Å²) in [5.41, 5.74) is 0.905.